The third kappa shape index (κ3) is 3.02. The monoisotopic (exact) mass is 346 g/mol. The third-order valence-corrected chi connectivity index (χ3v) is 4.66. The first-order chi connectivity index (χ1) is 12.8. The Balaban J connectivity index is 1.86. The topological polar surface area (TPSA) is 66.0 Å². The number of ether oxygens (including phenoxy) is 1. The summed E-state index contributed by atoms with van der Waals surface area (Å²) in [7, 11) is 0. The number of pyridine rings is 1. The molecule has 2 aromatic heterocycles. The van der Waals surface area contributed by atoms with Crippen molar-refractivity contribution >= 4 is 27.8 Å². The van der Waals surface area contributed by atoms with Gasteiger partial charge in [0, 0.05) is 12.0 Å². The van der Waals surface area contributed by atoms with Gasteiger partial charge in [-0.05, 0) is 25.0 Å². The summed E-state index contributed by atoms with van der Waals surface area (Å²) in [6.45, 7) is 3.32. The number of imidazole rings is 1. The third-order valence-electron chi connectivity index (χ3n) is 4.66. The molecule has 0 radical (unpaired) electrons. The Hall–Kier alpha value is -2.92. The molecule has 2 N–H and O–H groups in total. The number of rotatable bonds is 6. The lowest BCUT2D eigenvalue weighted by molar-refractivity contribution is 0.114. The standard InChI is InChI=1S/C21H22N4O/c1-2-26-13-16(12-15-8-4-3-5-9-15)25-14-23-19-20(25)17-10-6-7-11-18(17)24-21(19)22/h3-11,14,16H,2,12-13H2,1H3,(H2,22,24)/t16-/m1/s1. The minimum atomic E-state index is 0.132. The van der Waals surface area contributed by atoms with Gasteiger partial charge >= 0.3 is 0 Å². The molecular formula is C21H22N4O. The molecule has 4 rings (SSSR count). The molecule has 0 spiro atoms. The molecular weight excluding hydrogens is 324 g/mol. The van der Waals surface area contributed by atoms with Gasteiger partial charge in [-0.2, -0.15) is 0 Å². The highest BCUT2D eigenvalue weighted by Crippen LogP contribution is 2.30. The number of hydrogen-bond donors (Lipinski definition) is 1. The number of benzene rings is 2. The zero-order chi connectivity index (χ0) is 17.9. The van der Waals surface area contributed by atoms with Gasteiger partial charge in [-0.25, -0.2) is 9.97 Å². The van der Waals surface area contributed by atoms with E-state index in [4.69, 9.17) is 10.5 Å². The van der Waals surface area contributed by atoms with Crippen LogP contribution in [0.25, 0.3) is 21.9 Å². The van der Waals surface area contributed by atoms with E-state index in [1.165, 1.54) is 5.56 Å². The second kappa shape index (κ2) is 7.14. The van der Waals surface area contributed by atoms with E-state index in [2.05, 4.69) is 44.9 Å². The highest BCUT2D eigenvalue weighted by molar-refractivity contribution is 6.06. The molecule has 0 saturated heterocycles. The Morgan fingerprint density at radius 1 is 1.08 bits per heavy atom. The molecule has 5 heteroatoms. The smallest absolute Gasteiger partial charge is 0.152 e. The van der Waals surface area contributed by atoms with Crippen LogP contribution in [-0.4, -0.2) is 27.7 Å². The second-order valence-electron chi connectivity index (χ2n) is 6.37. The van der Waals surface area contributed by atoms with Crippen molar-refractivity contribution in [2.24, 2.45) is 0 Å². The first-order valence-corrected chi connectivity index (χ1v) is 8.90. The molecule has 2 heterocycles. The van der Waals surface area contributed by atoms with Crippen LogP contribution >= 0.6 is 0 Å². The Morgan fingerprint density at radius 3 is 2.65 bits per heavy atom. The van der Waals surface area contributed by atoms with Crippen LogP contribution in [0.4, 0.5) is 5.82 Å². The van der Waals surface area contributed by atoms with Crippen molar-refractivity contribution in [2.45, 2.75) is 19.4 Å². The van der Waals surface area contributed by atoms with Gasteiger partial charge in [0.15, 0.2) is 5.82 Å². The number of para-hydroxylation sites is 1. The van der Waals surface area contributed by atoms with Crippen LogP contribution in [0.1, 0.15) is 18.5 Å². The van der Waals surface area contributed by atoms with Crippen LogP contribution in [0, 0.1) is 0 Å². The van der Waals surface area contributed by atoms with E-state index < -0.39 is 0 Å². The summed E-state index contributed by atoms with van der Waals surface area (Å²) in [5.41, 5.74) is 10.1. The number of hydrogen-bond acceptors (Lipinski definition) is 4. The second-order valence-corrected chi connectivity index (χ2v) is 6.37. The predicted molar refractivity (Wildman–Crippen MR) is 105 cm³/mol. The van der Waals surface area contributed by atoms with Crippen LogP contribution in [0.2, 0.25) is 0 Å². The molecule has 0 saturated carbocycles. The fraction of sp³-hybridized carbons (Fsp3) is 0.238. The van der Waals surface area contributed by atoms with Crippen molar-refractivity contribution in [1.82, 2.24) is 14.5 Å². The van der Waals surface area contributed by atoms with E-state index in [-0.39, 0.29) is 6.04 Å². The molecule has 4 aromatic rings. The van der Waals surface area contributed by atoms with Gasteiger partial charge in [0.2, 0.25) is 0 Å². The van der Waals surface area contributed by atoms with Crippen LogP contribution in [0.5, 0.6) is 0 Å². The van der Waals surface area contributed by atoms with Gasteiger partial charge in [0.25, 0.3) is 0 Å². The molecule has 0 aliphatic heterocycles. The number of nitrogen functional groups attached to an aromatic ring is 1. The fourth-order valence-electron chi connectivity index (χ4n) is 3.42. The minimum absolute atomic E-state index is 0.132. The molecule has 132 valence electrons. The van der Waals surface area contributed by atoms with Gasteiger partial charge in [-0.15, -0.1) is 0 Å². The summed E-state index contributed by atoms with van der Waals surface area (Å²) < 4.78 is 7.98. The number of anilines is 1. The van der Waals surface area contributed by atoms with Gasteiger partial charge < -0.3 is 15.0 Å². The summed E-state index contributed by atoms with van der Waals surface area (Å²) in [4.78, 5) is 9.05. The van der Waals surface area contributed by atoms with Gasteiger partial charge in [0.1, 0.15) is 5.52 Å². The number of aromatic nitrogens is 3. The molecule has 0 amide bonds. The molecule has 2 aromatic carbocycles. The van der Waals surface area contributed by atoms with E-state index >= 15 is 0 Å². The maximum atomic E-state index is 6.17. The van der Waals surface area contributed by atoms with E-state index in [0.29, 0.717) is 19.0 Å². The van der Waals surface area contributed by atoms with Crippen molar-refractivity contribution in [3.63, 3.8) is 0 Å². The van der Waals surface area contributed by atoms with E-state index in [0.717, 1.165) is 28.4 Å². The van der Waals surface area contributed by atoms with Crippen molar-refractivity contribution in [3.8, 4) is 0 Å². The lowest BCUT2D eigenvalue weighted by Gasteiger charge is -2.20. The zero-order valence-corrected chi connectivity index (χ0v) is 14.8. The van der Waals surface area contributed by atoms with Crippen LogP contribution in [0.3, 0.4) is 0 Å². The quantitative estimate of drug-likeness (QED) is 0.573. The SMILES string of the molecule is CCOC[C@@H](Cc1ccccc1)n1cnc2c(N)nc3ccccc3c21. The number of nitrogens with two attached hydrogens (primary N) is 1. The highest BCUT2D eigenvalue weighted by Gasteiger charge is 2.19. The fourth-order valence-corrected chi connectivity index (χ4v) is 3.42. The van der Waals surface area contributed by atoms with E-state index in [9.17, 15) is 0 Å². The highest BCUT2D eigenvalue weighted by atomic mass is 16.5. The summed E-state index contributed by atoms with van der Waals surface area (Å²) in [5.74, 6) is 0.465. The van der Waals surface area contributed by atoms with Crippen LogP contribution in [-0.2, 0) is 11.2 Å². The summed E-state index contributed by atoms with van der Waals surface area (Å²) in [6.07, 6.45) is 2.73. The maximum absolute atomic E-state index is 6.17. The van der Waals surface area contributed by atoms with E-state index in [1.807, 2.05) is 37.5 Å². The lowest BCUT2D eigenvalue weighted by atomic mass is 10.1. The van der Waals surface area contributed by atoms with Crippen LogP contribution < -0.4 is 5.73 Å². The van der Waals surface area contributed by atoms with Gasteiger partial charge in [-0.1, -0.05) is 48.5 Å². The first-order valence-electron chi connectivity index (χ1n) is 8.90. The maximum Gasteiger partial charge on any atom is 0.152 e. The predicted octanol–water partition coefficient (Wildman–Crippen LogP) is 3.99. The molecule has 0 aliphatic rings. The van der Waals surface area contributed by atoms with Gasteiger partial charge in [0.05, 0.1) is 30.0 Å². The molecule has 5 nitrogen and oxygen atoms in total. The lowest BCUT2D eigenvalue weighted by Crippen LogP contribution is -2.18. The van der Waals surface area contributed by atoms with E-state index in [1.54, 1.807) is 0 Å². The molecule has 26 heavy (non-hydrogen) atoms. The largest absolute Gasteiger partial charge is 0.382 e. The molecule has 0 fully saturated rings. The van der Waals surface area contributed by atoms with Gasteiger partial charge in [-0.3, -0.25) is 0 Å². The van der Waals surface area contributed by atoms with Crippen molar-refractivity contribution in [2.75, 3.05) is 18.9 Å². The summed E-state index contributed by atoms with van der Waals surface area (Å²) in [5, 5.41) is 1.06. The Kier molecular flexibility index (Phi) is 4.54. The zero-order valence-electron chi connectivity index (χ0n) is 14.8. The molecule has 0 unspecified atom stereocenters. The molecule has 0 aliphatic carbocycles. The average Bonchev–Trinajstić information content (AvgIpc) is 3.12. The normalized spacial score (nSPS) is 12.7. The van der Waals surface area contributed by atoms with Crippen molar-refractivity contribution < 1.29 is 4.74 Å². The van der Waals surface area contributed by atoms with Crippen molar-refractivity contribution in [3.05, 3.63) is 66.5 Å². The van der Waals surface area contributed by atoms with Crippen molar-refractivity contribution in [1.29, 1.82) is 0 Å². The minimum Gasteiger partial charge on any atom is -0.382 e. The molecule has 0 bridgehead atoms. The summed E-state index contributed by atoms with van der Waals surface area (Å²) >= 11 is 0. The van der Waals surface area contributed by atoms with Crippen LogP contribution in [0.15, 0.2) is 60.9 Å². The Bertz CT molecular complexity index is 1030. The Labute approximate surface area is 152 Å². The first kappa shape index (κ1) is 16.5. The number of nitrogens with zero attached hydrogens (tertiary/aromatic N) is 3. The summed E-state index contributed by atoms with van der Waals surface area (Å²) in [6, 6.07) is 18.6. The number of fused-ring (bicyclic) bond motifs is 3. The Morgan fingerprint density at radius 2 is 1.85 bits per heavy atom. The molecule has 1 atom stereocenters. The average molecular weight is 346 g/mol.